The molecule has 2 heterocycles. The molecule has 2 aromatic rings. The van der Waals surface area contributed by atoms with Gasteiger partial charge in [0.15, 0.2) is 0 Å². The number of halogens is 1. The van der Waals surface area contributed by atoms with Crippen molar-refractivity contribution < 1.29 is 4.79 Å². The van der Waals surface area contributed by atoms with E-state index in [1.165, 1.54) is 10.1 Å². The first kappa shape index (κ1) is 16.3. The summed E-state index contributed by atoms with van der Waals surface area (Å²) in [5, 5.41) is 4.40. The Morgan fingerprint density at radius 1 is 1.33 bits per heavy atom. The molecule has 0 unspecified atom stereocenters. The fourth-order valence-electron chi connectivity index (χ4n) is 2.87. The summed E-state index contributed by atoms with van der Waals surface area (Å²) >= 11 is 1.61. The Morgan fingerprint density at radius 2 is 2.05 bits per heavy atom. The fourth-order valence-corrected chi connectivity index (χ4v) is 3.90. The van der Waals surface area contributed by atoms with Crippen molar-refractivity contribution in [3.63, 3.8) is 0 Å². The molecule has 3 nitrogen and oxygen atoms in total. The molecule has 21 heavy (non-hydrogen) atoms. The Bertz CT molecular complexity index is 572. The van der Waals surface area contributed by atoms with Crippen molar-refractivity contribution in [3.05, 3.63) is 35.2 Å². The van der Waals surface area contributed by atoms with Crippen molar-refractivity contribution in [2.75, 3.05) is 26.7 Å². The number of hydrogen-bond donors (Lipinski definition) is 1. The van der Waals surface area contributed by atoms with E-state index in [1.54, 1.807) is 11.3 Å². The quantitative estimate of drug-likeness (QED) is 0.938. The van der Waals surface area contributed by atoms with E-state index in [2.05, 4.69) is 17.4 Å². The van der Waals surface area contributed by atoms with Crippen LogP contribution in [0.5, 0.6) is 0 Å². The predicted octanol–water partition coefficient (Wildman–Crippen LogP) is 3.39. The normalized spacial score (nSPS) is 16.0. The largest absolute Gasteiger partial charge is 0.338 e. The van der Waals surface area contributed by atoms with Gasteiger partial charge in [-0.05, 0) is 49.9 Å². The van der Waals surface area contributed by atoms with Crippen LogP contribution in [-0.2, 0) is 0 Å². The molecule has 1 aromatic heterocycles. The third kappa shape index (κ3) is 3.57. The lowest BCUT2D eigenvalue weighted by atomic mass is 9.97. The average molecular weight is 325 g/mol. The van der Waals surface area contributed by atoms with Gasteiger partial charge in [-0.25, -0.2) is 0 Å². The first-order chi connectivity index (χ1) is 9.78. The summed E-state index contributed by atoms with van der Waals surface area (Å²) in [7, 11) is 1.99. The molecular formula is C16H21ClN2OS. The SMILES string of the molecule is CNCC1CCN(C(=O)c2cc3ccccc3s2)CC1.Cl. The number of fused-ring (bicyclic) bond motifs is 1. The second-order valence-electron chi connectivity index (χ2n) is 5.44. The minimum Gasteiger partial charge on any atom is -0.338 e. The number of benzene rings is 1. The summed E-state index contributed by atoms with van der Waals surface area (Å²) in [6.07, 6.45) is 2.22. The number of hydrogen-bond acceptors (Lipinski definition) is 3. The number of rotatable bonds is 3. The van der Waals surface area contributed by atoms with Gasteiger partial charge in [-0.1, -0.05) is 18.2 Å². The molecule has 0 radical (unpaired) electrons. The van der Waals surface area contributed by atoms with Crippen molar-refractivity contribution in [3.8, 4) is 0 Å². The Hall–Kier alpha value is -1.10. The van der Waals surface area contributed by atoms with Gasteiger partial charge in [-0.2, -0.15) is 0 Å². The van der Waals surface area contributed by atoms with Gasteiger partial charge in [0.2, 0.25) is 0 Å². The van der Waals surface area contributed by atoms with Crippen LogP contribution in [0.25, 0.3) is 10.1 Å². The third-order valence-corrected chi connectivity index (χ3v) is 5.13. The third-order valence-electron chi connectivity index (χ3n) is 4.03. The smallest absolute Gasteiger partial charge is 0.263 e. The van der Waals surface area contributed by atoms with E-state index in [4.69, 9.17) is 0 Å². The van der Waals surface area contributed by atoms with E-state index in [1.807, 2.05) is 30.1 Å². The summed E-state index contributed by atoms with van der Waals surface area (Å²) in [6.45, 7) is 2.84. The number of carbonyl (C=O) groups excluding carboxylic acids is 1. The molecule has 1 N–H and O–H groups in total. The van der Waals surface area contributed by atoms with Crippen molar-refractivity contribution in [1.29, 1.82) is 0 Å². The van der Waals surface area contributed by atoms with Crippen LogP contribution in [0.15, 0.2) is 30.3 Å². The van der Waals surface area contributed by atoms with E-state index in [-0.39, 0.29) is 18.3 Å². The standard InChI is InChI=1S/C16H20N2OS.ClH/c1-17-11-12-6-8-18(9-7-12)16(19)15-10-13-4-2-3-5-14(13)20-15;/h2-5,10,12,17H,6-9,11H2,1H3;1H. The molecule has 0 bridgehead atoms. The van der Waals surface area contributed by atoms with Crippen LogP contribution in [0.3, 0.4) is 0 Å². The van der Waals surface area contributed by atoms with E-state index in [0.717, 1.165) is 37.4 Å². The van der Waals surface area contributed by atoms with Crippen molar-refractivity contribution in [2.45, 2.75) is 12.8 Å². The summed E-state index contributed by atoms with van der Waals surface area (Å²) in [6, 6.07) is 10.2. The number of nitrogens with one attached hydrogen (secondary N) is 1. The summed E-state index contributed by atoms with van der Waals surface area (Å²) in [5.41, 5.74) is 0. The first-order valence-electron chi connectivity index (χ1n) is 7.20. The highest BCUT2D eigenvalue weighted by Gasteiger charge is 2.24. The summed E-state index contributed by atoms with van der Waals surface area (Å²) in [5.74, 6) is 0.917. The van der Waals surface area contributed by atoms with Crippen molar-refractivity contribution in [1.82, 2.24) is 10.2 Å². The van der Waals surface area contributed by atoms with Crippen LogP contribution < -0.4 is 5.32 Å². The highest BCUT2D eigenvalue weighted by Crippen LogP contribution is 2.27. The highest BCUT2D eigenvalue weighted by molar-refractivity contribution is 7.20. The molecule has 3 rings (SSSR count). The number of amides is 1. The number of likely N-dealkylation sites (tertiary alicyclic amines) is 1. The van der Waals surface area contributed by atoms with E-state index >= 15 is 0 Å². The van der Waals surface area contributed by atoms with Gasteiger partial charge in [0.1, 0.15) is 0 Å². The molecular weight excluding hydrogens is 304 g/mol. The topological polar surface area (TPSA) is 32.3 Å². The molecule has 1 saturated heterocycles. The fraction of sp³-hybridized carbons (Fsp3) is 0.438. The van der Waals surface area contributed by atoms with Gasteiger partial charge < -0.3 is 10.2 Å². The van der Waals surface area contributed by atoms with Gasteiger partial charge in [0.05, 0.1) is 4.88 Å². The van der Waals surface area contributed by atoms with Gasteiger partial charge in [0, 0.05) is 17.8 Å². The number of carbonyl (C=O) groups is 1. The molecule has 0 saturated carbocycles. The minimum atomic E-state index is 0. The van der Waals surface area contributed by atoms with Gasteiger partial charge in [-0.3, -0.25) is 4.79 Å². The molecule has 1 amide bonds. The number of nitrogens with zero attached hydrogens (tertiary/aromatic N) is 1. The van der Waals surface area contributed by atoms with Crippen LogP contribution in [0.2, 0.25) is 0 Å². The van der Waals surface area contributed by atoms with Gasteiger partial charge in [-0.15, -0.1) is 23.7 Å². The Balaban J connectivity index is 0.00000161. The Kier molecular flexibility index (Phi) is 5.62. The molecule has 0 atom stereocenters. The van der Waals surface area contributed by atoms with Gasteiger partial charge >= 0.3 is 0 Å². The molecule has 5 heteroatoms. The monoisotopic (exact) mass is 324 g/mol. The zero-order chi connectivity index (χ0) is 13.9. The van der Waals surface area contributed by atoms with Crippen LogP contribution in [-0.4, -0.2) is 37.5 Å². The first-order valence-corrected chi connectivity index (χ1v) is 8.02. The number of piperidine rings is 1. The summed E-state index contributed by atoms with van der Waals surface area (Å²) in [4.78, 5) is 15.4. The van der Waals surface area contributed by atoms with E-state index in [9.17, 15) is 4.79 Å². The lowest BCUT2D eigenvalue weighted by molar-refractivity contribution is 0.0696. The van der Waals surface area contributed by atoms with Crippen molar-refractivity contribution >= 4 is 39.7 Å². The maximum Gasteiger partial charge on any atom is 0.263 e. The molecule has 1 fully saturated rings. The van der Waals surface area contributed by atoms with Gasteiger partial charge in [0.25, 0.3) is 5.91 Å². The lowest BCUT2D eigenvalue weighted by Gasteiger charge is -2.31. The Morgan fingerprint density at radius 3 is 2.71 bits per heavy atom. The maximum absolute atomic E-state index is 12.6. The van der Waals surface area contributed by atoms with Crippen molar-refractivity contribution in [2.24, 2.45) is 5.92 Å². The predicted molar refractivity (Wildman–Crippen MR) is 91.6 cm³/mol. The van der Waals surface area contributed by atoms with E-state index < -0.39 is 0 Å². The summed E-state index contributed by atoms with van der Waals surface area (Å²) < 4.78 is 1.20. The van der Waals surface area contributed by atoms with E-state index in [0.29, 0.717) is 5.92 Å². The molecule has 114 valence electrons. The number of thiophene rings is 1. The maximum atomic E-state index is 12.6. The molecule has 1 aromatic carbocycles. The van der Waals surface area contributed by atoms with Crippen LogP contribution in [0.1, 0.15) is 22.5 Å². The molecule has 0 spiro atoms. The zero-order valence-electron chi connectivity index (χ0n) is 12.2. The highest BCUT2D eigenvalue weighted by atomic mass is 35.5. The molecule has 1 aliphatic heterocycles. The second-order valence-corrected chi connectivity index (χ2v) is 6.53. The molecule has 0 aliphatic carbocycles. The van der Waals surface area contributed by atoms with Crippen LogP contribution >= 0.6 is 23.7 Å². The zero-order valence-corrected chi connectivity index (χ0v) is 13.8. The molecule has 1 aliphatic rings. The minimum absolute atomic E-state index is 0. The van der Waals surface area contributed by atoms with Crippen LogP contribution in [0, 0.1) is 5.92 Å². The van der Waals surface area contributed by atoms with Crippen LogP contribution in [0.4, 0.5) is 0 Å². The Labute approximate surface area is 135 Å². The average Bonchev–Trinajstić information content (AvgIpc) is 2.91. The lowest BCUT2D eigenvalue weighted by Crippen LogP contribution is -2.40. The second kappa shape index (κ2) is 7.25.